The minimum absolute atomic E-state index is 0.459. The molecule has 0 fully saturated rings. The summed E-state index contributed by atoms with van der Waals surface area (Å²) in [6, 6.07) is 8.72. The summed E-state index contributed by atoms with van der Waals surface area (Å²) in [4.78, 5) is 0. The fraction of sp³-hybridized carbons (Fsp3) is 0.625. The molecule has 1 aromatic rings. The average Bonchev–Trinajstić information content (AvgIpc) is 2.38. The molecule has 0 saturated heterocycles. The van der Waals surface area contributed by atoms with Crippen LogP contribution in [0.5, 0.6) is 0 Å². The highest BCUT2D eigenvalue weighted by Gasteiger charge is 2.10. The fourth-order valence-corrected chi connectivity index (χ4v) is 2.40. The van der Waals surface area contributed by atoms with Crippen molar-refractivity contribution in [3.63, 3.8) is 0 Å². The van der Waals surface area contributed by atoms with E-state index in [0.29, 0.717) is 6.04 Å². The third kappa shape index (κ3) is 5.88. The summed E-state index contributed by atoms with van der Waals surface area (Å²) >= 11 is 6.08. The van der Waals surface area contributed by atoms with E-state index < -0.39 is 0 Å². The molecule has 102 valence electrons. The normalized spacial score (nSPS) is 12.6. The van der Waals surface area contributed by atoms with Gasteiger partial charge in [-0.05, 0) is 37.1 Å². The number of hydrogen-bond donors (Lipinski definition) is 1. The Hall–Kier alpha value is -0.530. The van der Waals surface area contributed by atoms with Gasteiger partial charge in [-0.15, -0.1) is 0 Å². The Bertz CT molecular complexity index is 325. The van der Waals surface area contributed by atoms with E-state index in [0.717, 1.165) is 11.6 Å². The van der Waals surface area contributed by atoms with Gasteiger partial charge in [0.05, 0.1) is 0 Å². The summed E-state index contributed by atoms with van der Waals surface area (Å²) in [6.45, 7) is 5.54. The van der Waals surface area contributed by atoms with Crippen molar-refractivity contribution in [1.29, 1.82) is 0 Å². The molecule has 0 aliphatic carbocycles. The summed E-state index contributed by atoms with van der Waals surface area (Å²) in [7, 11) is 0. The van der Waals surface area contributed by atoms with Crippen LogP contribution in [0.2, 0.25) is 5.02 Å². The van der Waals surface area contributed by atoms with Gasteiger partial charge < -0.3 is 5.32 Å². The molecule has 0 spiro atoms. The lowest BCUT2D eigenvalue weighted by Crippen LogP contribution is -2.22. The molecule has 0 radical (unpaired) electrons. The van der Waals surface area contributed by atoms with E-state index in [1.54, 1.807) is 0 Å². The highest BCUT2D eigenvalue weighted by molar-refractivity contribution is 6.30. The van der Waals surface area contributed by atoms with Crippen LogP contribution in [0.4, 0.5) is 0 Å². The molecule has 0 aromatic heterocycles. The number of benzene rings is 1. The van der Waals surface area contributed by atoms with Crippen LogP contribution in [-0.4, -0.2) is 6.54 Å². The van der Waals surface area contributed by atoms with Crippen molar-refractivity contribution in [3.8, 4) is 0 Å². The number of hydrogen-bond acceptors (Lipinski definition) is 1. The van der Waals surface area contributed by atoms with Gasteiger partial charge in [-0.2, -0.15) is 0 Å². The van der Waals surface area contributed by atoms with Crippen LogP contribution in [0, 0.1) is 0 Å². The molecule has 0 amide bonds. The zero-order valence-corrected chi connectivity index (χ0v) is 12.5. The van der Waals surface area contributed by atoms with Gasteiger partial charge in [-0.3, -0.25) is 0 Å². The quantitative estimate of drug-likeness (QED) is 0.595. The number of unbranched alkanes of at least 4 members (excludes halogenated alkanes) is 3. The molecule has 0 heterocycles. The van der Waals surface area contributed by atoms with Crippen LogP contribution in [0.1, 0.15) is 64.0 Å². The van der Waals surface area contributed by atoms with E-state index in [2.05, 4.69) is 31.3 Å². The molecule has 1 unspecified atom stereocenters. The molecule has 1 N–H and O–H groups in total. The van der Waals surface area contributed by atoms with Gasteiger partial charge in [-0.1, -0.05) is 63.3 Å². The zero-order chi connectivity index (χ0) is 13.2. The first kappa shape index (κ1) is 15.5. The predicted octanol–water partition coefficient (Wildman–Crippen LogP) is 5.35. The first-order valence-electron chi connectivity index (χ1n) is 7.26. The Morgan fingerprint density at radius 2 is 1.94 bits per heavy atom. The monoisotopic (exact) mass is 267 g/mol. The molecule has 0 bridgehead atoms. The summed E-state index contributed by atoms with van der Waals surface area (Å²) in [5, 5.41) is 4.47. The first-order valence-corrected chi connectivity index (χ1v) is 7.64. The van der Waals surface area contributed by atoms with Crippen molar-refractivity contribution < 1.29 is 0 Å². The van der Waals surface area contributed by atoms with Gasteiger partial charge in [0.15, 0.2) is 0 Å². The zero-order valence-electron chi connectivity index (χ0n) is 11.7. The molecular weight excluding hydrogens is 242 g/mol. The lowest BCUT2D eigenvalue weighted by molar-refractivity contribution is 0.470. The Kier molecular flexibility index (Phi) is 8.11. The van der Waals surface area contributed by atoms with Gasteiger partial charge in [0.25, 0.3) is 0 Å². The SMILES string of the molecule is CCCCCCC(NCCC)c1cccc(Cl)c1. The van der Waals surface area contributed by atoms with Crippen molar-refractivity contribution >= 4 is 11.6 Å². The smallest absolute Gasteiger partial charge is 0.0409 e. The van der Waals surface area contributed by atoms with Gasteiger partial charge >= 0.3 is 0 Å². The Morgan fingerprint density at radius 3 is 2.61 bits per heavy atom. The van der Waals surface area contributed by atoms with Gasteiger partial charge in [0.1, 0.15) is 0 Å². The minimum Gasteiger partial charge on any atom is -0.310 e. The van der Waals surface area contributed by atoms with Crippen molar-refractivity contribution in [2.24, 2.45) is 0 Å². The molecule has 0 aliphatic rings. The van der Waals surface area contributed by atoms with E-state index in [4.69, 9.17) is 11.6 Å². The van der Waals surface area contributed by atoms with Crippen molar-refractivity contribution in [2.45, 2.75) is 58.4 Å². The standard InChI is InChI=1S/C16H26ClN/c1-3-5-6-7-11-16(18-12-4-2)14-9-8-10-15(17)13-14/h8-10,13,16,18H,3-7,11-12H2,1-2H3. The van der Waals surface area contributed by atoms with Crippen LogP contribution in [-0.2, 0) is 0 Å². The maximum Gasteiger partial charge on any atom is 0.0409 e. The van der Waals surface area contributed by atoms with Crippen molar-refractivity contribution in [1.82, 2.24) is 5.32 Å². The van der Waals surface area contributed by atoms with Crippen molar-refractivity contribution in [3.05, 3.63) is 34.9 Å². The molecular formula is C16H26ClN. The molecule has 1 rings (SSSR count). The third-order valence-corrected chi connectivity index (χ3v) is 3.47. The average molecular weight is 268 g/mol. The summed E-state index contributed by atoms with van der Waals surface area (Å²) in [5.74, 6) is 0. The number of rotatable bonds is 9. The maximum atomic E-state index is 6.08. The lowest BCUT2D eigenvalue weighted by atomic mass is 10.00. The van der Waals surface area contributed by atoms with E-state index in [-0.39, 0.29) is 0 Å². The predicted molar refractivity (Wildman–Crippen MR) is 81.2 cm³/mol. The van der Waals surface area contributed by atoms with E-state index >= 15 is 0 Å². The molecule has 1 atom stereocenters. The highest BCUT2D eigenvalue weighted by Crippen LogP contribution is 2.23. The fourth-order valence-electron chi connectivity index (χ4n) is 2.20. The van der Waals surface area contributed by atoms with Crippen LogP contribution in [0.3, 0.4) is 0 Å². The third-order valence-electron chi connectivity index (χ3n) is 3.24. The second kappa shape index (κ2) is 9.41. The Labute approximate surface area is 117 Å². The highest BCUT2D eigenvalue weighted by atomic mass is 35.5. The number of nitrogens with one attached hydrogen (secondary N) is 1. The Balaban J connectivity index is 2.54. The minimum atomic E-state index is 0.459. The van der Waals surface area contributed by atoms with Crippen LogP contribution in [0.25, 0.3) is 0 Å². The largest absolute Gasteiger partial charge is 0.310 e. The molecule has 0 saturated carbocycles. The molecule has 2 heteroatoms. The number of halogens is 1. The van der Waals surface area contributed by atoms with E-state index in [9.17, 15) is 0 Å². The van der Waals surface area contributed by atoms with Gasteiger partial charge in [-0.25, -0.2) is 0 Å². The Morgan fingerprint density at radius 1 is 1.11 bits per heavy atom. The topological polar surface area (TPSA) is 12.0 Å². The summed E-state index contributed by atoms with van der Waals surface area (Å²) in [6.07, 6.45) is 7.65. The summed E-state index contributed by atoms with van der Waals surface area (Å²) in [5.41, 5.74) is 1.33. The van der Waals surface area contributed by atoms with E-state index in [1.165, 1.54) is 44.1 Å². The van der Waals surface area contributed by atoms with Crippen LogP contribution in [0.15, 0.2) is 24.3 Å². The van der Waals surface area contributed by atoms with Gasteiger partial charge in [0, 0.05) is 11.1 Å². The van der Waals surface area contributed by atoms with Gasteiger partial charge in [0.2, 0.25) is 0 Å². The first-order chi connectivity index (χ1) is 8.77. The van der Waals surface area contributed by atoms with Crippen molar-refractivity contribution in [2.75, 3.05) is 6.54 Å². The molecule has 0 aliphatic heterocycles. The second-order valence-electron chi connectivity index (χ2n) is 4.91. The second-order valence-corrected chi connectivity index (χ2v) is 5.35. The molecule has 1 aromatic carbocycles. The van der Waals surface area contributed by atoms with E-state index in [1.807, 2.05) is 12.1 Å². The van der Waals surface area contributed by atoms with Crippen LogP contribution >= 0.6 is 11.6 Å². The molecule has 1 nitrogen and oxygen atoms in total. The molecule has 18 heavy (non-hydrogen) atoms. The lowest BCUT2D eigenvalue weighted by Gasteiger charge is -2.19. The maximum absolute atomic E-state index is 6.08. The van der Waals surface area contributed by atoms with Crippen LogP contribution < -0.4 is 5.32 Å². The summed E-state index contributed by atoms with van der Waals surface area (Å²) < 4.78 is 0.